The van der Waals surface area contributed by atoms with Gasteiger partial charge in [-0.25, -0.2) is 12.8 Å². The van der Waals surface area contributed by atoms with Crippen LogP contribution in [0.4, 0.5) is 10.1 Å². The Bertz CT molecular complexity index is 1420. The number of carbonyl (C=O) groups excluding carboxylic acids is 2. The van der Waals surface area contributed by atoms with E-state index in [9.17, 15) is 22.4 Å². The number of methoxy groups -OCH3 is 1. The van der Waals surface area contributed by atoms with Crippen molar-refractivity contribution in [3.05, 3.63) is 89.7 Å². The van der Waals surface area contributed by atoms with Crippen LogP contribution in [0.3, 0.4) is 0 Å². The van der Waals surface area contributed by atoms with Crippen molar-refractivity contribution in [1.82, 2.24) is 10.2 Å². The summed E-state index contributed by atoms with van der Waals surface area (Å²) in [6.07, 6.45) is 0. The zero-order chi connectivity index (χ0) is 29.7. The van der Waals surface area contributed by atoms with Gasteiger partial charge < -0.3 is 15.0 Å². The Hall–Kier alpha value is -3.92. The highest BCUT2D eigenvalue weighted by Crippen LogP contribution is 2.26. The molecule has 0 aromatic heterocycles. The van der Waals surface area contributed by atoms with Gasteiger partial charge in [-0.1, -0.05) is 29.8 Å². The van der Waals surface area contributed by atoms with Gasteiger partial charge in [-0.2, -0.15) is 0 Å². The number of ether oxygens (including phenoxy) is 1. The van der Waals surface area contributed by atoms with Crippen LogP contribution < -0.4 is 14.4 Å². The van der Waals surface area contributed by atoms with Crippen molar-refractivity contribution in [2.24, 2.45) is 0 Å². The van der Waals surface area contributed by atoms with Crippen LogP contribution in [-0.4, -0.2) is 50.4 Å². The van der Waals surface area contributed by atoms with Crippen LogP contribution >= 0.6 is 0 Å². The number of carbonyl (C=O) groups is 2. The van der Waals surface area contributed by atoms with E-state index in [1.54, 1.807) is 6.92 Å². The largest absolute Gasteiger partial charge is 0.497 e. The Morgan fingerprint density at radius 3 is 2.05 bits per heavy atom. The number of halogens is 1. The molecule has 1 atom stereocenters. The summed E-state index contributed by atoms with van der Waals surface area (Å²) >= 11 is 0. The number of nitrogens with one attached hydrogen (secondary N) is 1. The van der Waals surface area contributed by atoms with E-state index >= 15 is 0 Å². The molecule has 0 spiro atoms. The first-order chi connectivity index (χ1) is 18.7. The highest BCUT2D eigenvalue weighted by atomic mass is 32.2. The Morgan fingerprint density at radius 2 is 1.52 bits per heavy atom. The second-order valence-electron chi connectivity index (χ2n) is 10.6. The minimum atomic E-state index is -4.27. The molecule has 0 aliphatic heterocycles. The van der Waals surface area contributed by atoms with Crippen molar-refractivity contribution in [2.75, 3.05) is 18.0 Å². The van der Waals surface area contributed by atoms with Crippen LogP contribution in [0, 0.1) is 12.7 Å². The molecule has 0 saturated carbocycles. The molecule has 214 valence electrons. The summed E-state index contributed by atoms with van der Waals surface area (Å²) in [5.74, 6) is -1.06. The van der Waals surface area contributed by atoms with Gasteiger partial charge in [0.2, 0.25) is 11.8 Å². The molecule has 40 heavy (non-hydrogen) atoms. The number of hydrogen-bond acceptors (Lipinski definition) is 5. The van der Waals surface area contributed by atoms with Gasteiger partial charge in [-0.3, -0.25) is 13.9 Å². The van der Waals surface area contributed by atoms with Gasteiger partial charge in [0.1, 0.15) is 24.2 Å². The first kappa shape index (κ1) is 30.6. The number of rotatable bonds is 10. The summed E-state index contributed by atoms with van der Waals surface area (Å²) < 4.78 is 47.4. The van der Waals surface area contributed by atoms with E-state index in [0.717, 1.165) is 27.6 Å². The van der Waals surface area contributed by atoms with Crippen LogP contribution in [0.1, 0.15) is 38.8 Å². The van der Waals surface area contributed by atoms with Gasteiger partial charge in [0.15, 0.2) is 0 Å². The van der Waals surface area contributed by atoms with E-state index in [1.807, 2.05) is 52.0 Å². The van der Waals surface area contributed by atoms with E-state index in [0.29, 0.717) is 5.75 Å². The lowest BCUT2D eigenvalue weighted by Crippen LogP contribution is -2.54. The molecule has 0 aliphatic carbocycles. The fourth-order valence-electron chi connectivity index (χ4n) is 3.96. The summed E-state index contributed by atoms with van der Waals surface area (Å²) in [6.45, 7) is 8.52. The zero-order valence-corrected chi connectivity index (χ0v) is 24.5. The summed E-state index contributed by atoms with van der Waals surface area (Å²) in [5, 5.41) is 2.89. The fourth-order valence-corrected chi connectivity index (χ4v) is 5.37. The smallest absolute Gasteiger partial charge is 0.264 e. The maximum Gasteiger partial charge on any atom is 0.264 e. The SMILES string of the molecule is COc1ccc(S(=O)(=O)N(CC(=O)N(Cc2ccc(C)cc2)[C@@H](C)C(=O)NC(C)(C)C)c2ccc(F)cc2)cc1. The molecule has 8 nitrogen and oxygen atoms in total. The maximum atomic E-state index is 13.9. The lowest BCUT2D eigenvalue weighted by atomic mass is 10.1. The summed E-state index contributed by atoms with van der Waals surface area (Å²) in [5.41, 5.74) is 1.38. The number of benzene rings is 3. The molecule has 0 radical (unpaired) electrons. The van der Waals surface area contributed by atoms with Crippen molar-refractivity contribution in [3.63, 3.8) is 0 Å². The third-order valence-electron chi connectivity index (χ3n) is 6.18. The molecule has 1 N–H and O–H groups in total. The standard InChI is InChI=1S/C30H36FN3O5S/c1-21-7-9-23(10-8-21)19-33(22(2)29(36)32-30(3,4)5)28(35)20-34(25-13-11-24(31)12-14-25)40(37,38)27-17-15-26(39-6)16-18-27/h7-18,22H,19-20H2,1-6H3,(H,32,36)/t22-/m0/s1. The average molecular weight is 570 g/mol. The fraction of sp³-hybridized carbons (Fsp3) is 0.333. The summed E-state index contributed by atoms with van der Waals surface area (Å²) in [7, 11) is -2.80. The first-order valence-electron chi connectivity index (χ1n) is 12.8. The number of anilines is 1. The molecular weight excluding hydrogens is 533 g/mol. The lowest BCUT2D eigenvalue weighted by molar-refractivity contribution is -0.140. The Labute approximate surface area is 235 Å². The van der Waals surface area contributed by atoms with Crippen LogP contribution in [0.2, 0.25) is 0 Å². The number of sulfonamides is 1. The van der Waals surface area contributed by atoms with E-state index in [1.165, 1.54) is 48.4 Å². The molecule has 3 aromatic rings. The van der Waals surface area contributed by atoms with Gasteiger partial charge >= 0.3 is 0 Å². The Morgan fingerprint density at radius 1 is 0.950 bits per heavy atom. The van der Waals surface area contributed by atoms with E-state index in [4.69, 9.17) is 4.74 Å². The lowest BCUT2D eigenvalue weighted by Gasteiger charge is -2.33. The van der Waals surface area contributed by atoms with Gasteiger partial charge in [0.05, 0.1) is 17.7 Å². The highest BCUT2D eigenvalue weighted by molar-refractivity contribution is 7.92. The van der Waals surface area contributed by atoms with Crippen LogP contribution in [-0.2, 0) is 26.2 Å². The summed E-state index contributed by atoms with van der Waals surface area (Å²) in [4.78, 5) is 28.3. The van der Waals surface area contributed by atoms with Crippen molar-refractivity contribution < 1.29 is 27.1 Å². The minimum Gasteiger partial charge on any atom is -0.497 e. The van der Waals surface area contributed by atoms with Gasteiger partial charge in [0.25, 0.3) is 10.0 Å². The molecule has 0 bridgehead atoms. The topological polar surface area (TPSA) is 96.0 Å². The van der Waals surface area contributed by atoms with Gasteiger partial charge in [-0.15, -0.1) is 0 Å². The molecular formula is C30H36FN3O5S. The number of amides is 2. The average Bonchev–Trinajstić information content (AvgIpc) is 2.90. The molecule has 0 saturated heterocycles. The number of hydrogen-bond donors (Lipinski definition) is 1. The predicted octanol–water partition coefficient (Wildman–Crippen LogP) is 4.67. The van der Waals surface area contributed by atoms with E-state index in [-0.39, 0.29) is 23.0 Å². The second-order valence-corrected chi connectivity index (χ2v) is 12.4. The van der Waals surface area contributed by atoms with Crippen molar-refractivity contribution >= 4 is 27.5 Å². The number of nitrogens with zero attached hydrogens (tertiary/aromatic N) is 2. The quantitative estimate of drug-likeness (QED) is 0.383. The number of aryl methyl sites for hydroxylation is 1. The van der Waals surface area contributed by atoms with Crippen LogP contribution in [0.25, 0.3) is 0 Å². The zero-order valence-electron chi connectivity index (χ0n) is 23.6. The maximum absolute atomic E-state index is 13.9. The normalized spacial score (nSPS) is 12.4. The van der Waals surface area contributed by atoms with Gasteiger partial charge in [0, 0.05) is 12.1 Å². The molecule has 0 aliphatic rings. The summed E-state index contributed by atoms with van der Waals surface area (Å²) in [6, 6.07) is 17.2. The molecule has 0 fully saturated rings. The van der Waals surface area contributed by atoms with Crippen LogP contribution in [0.5, 0.6) is 5.75 Å². The monoisotopic (exact) mass is 569 g/mol. The Kier molecular flexibility index (Phi) is 9.57. The molecule has 0 unspecified atom stereocenters. The van der Waals surface area contributed by atoms with Crippen molar-refractivity contribution in [1.29, 1.82) is 0 Å². The Balaban J connectivity index is 2.03. The highest BCUT2D eigenvalue weighted by Gasteiger charge is 2.33. The van der Waals surface area contributed by atoms with Crippen molar-refractivity contribution in [2.45, 2.75) is 57.6 Å². The van der Waals surface area contributed by atoms with E-state index < -0.39 is 39.9 Å². The molecule has 3 rings (SSSR count). The van der Waals surface area contributed by atoms with Gasteiger partial charge in [-0.05, 0) is 88.7 Å². The molecule has 3 aromatic carbocycles. The third kappa shape index (κ3) is 7.81. The first-order valence-corrected chi connectivity index (χ1v) is 14.2. The van der Waals surface area contributed by atoms with Crippen molar-refractivity contribution in [3.8, 4) is 5.75 Å². The molecule has 0 heterocycles. The van der Waals surface area contributed by atoms with E-state index in [2.05, 4.69) is 5.32 Å². The second kappa shape index (κ2) is 12.5. The van der Waals surface area contributed by atoms with Crippen LogP contribution in [0.15, 0.2) is 77.7 Å². The minimum absolute atomic E-state index is 0.0750. The molecule has 10 heteroatoms. The molecule has 2 amide bonds. The predicted molar refractivity (Wildman–Crippen MR) is 153 cm³/mol. The third-order valence-corrected chi connectivity index (χ3v) is 7.97.